The fourth-order valence-corrected chi connectivity index (χ4v) is 2.36. The predicted octanol–water partition coefficient (Wildman–Crippen LogP) is 1.67. The summed E-state index contributed by atoms with van der Waals surface area (Å²) in [5.41, 5.74) is 7.17. The molecule has 4 N–H and O–H groups in total. The van der Waals surface area contributed by atoms with Crippen LogP contribution in [0.5, 0.6) is 28.7 Å². The minimum Gasteiger partial charge on any atom is -0.504 e. The Hall–Kier alpha value is -3.63. The summed E-state index contributed by atoms with van der Waals surface area (Å²) in [7, 11) is -5.00. The summed E-state index contributed by atoms with van der Waals surface area (Å²) in [6.45, 7) is 0. The number of aromatic hydroxyl groups is 4. The number of nitrogens with zero attached hydrogens (tertiary/aromatic N) is 3. The van der Waals surface area contributed by atoms with Gasteiger partial charge in [-0.1, -0.05) is 30.3 Å². The predicted molar refractivity (Wildman–Crippen MR) is 81.7 cm³/mol. The van der Waals surface area contributed by atoms with Crippen molar-refractivity contribution in [2.24, 2.45) is 4.52 Å². The van der Waals surface area contributed by atoms with Gasteiger partial charge in [0, 0.05) is 10.5 Å². The van der Waals surface area contributed by atoms with Crippen LogP contribution in [0.1, 0.15) is 15.9 Å². The van der Waals surface area contributed by atoms with E-state index in [2.05, 4.69) is 8.70 Å². The summed E-state index contributed by atoms with van der Waals surface area (Å²) in [5.74, 6) is -7.47. The zero-order valence-electron chi connectivity index (χ0n) is 12.1. The smallest absolute Gasteiger partial charge is 0.403 e. The number of rotatable bonds is 5. The van der Waals surface area contributed by atoms with Crippen molar-refractivity contribution in [3.05, 3.63) is 51.9 Å². The first-order valence-corrected chi connectivity index (χ1v) is 7.66. The lowest BCUT2D eigenvalue weighted by Crippen LogP contribution is -2.10. The third-order valence-corrected chi connectivity index (χ3v) is 3.59. The summed E-state index contributed by atoms with van der Waals surface area (Å²) in [6, 6.07) is 7.10. The number of hydrogen-bond donors (Lipinski definition) is 4. The van der Waals surface area contributed by atoms with Crippen LogP contribution in [0, 0.1) is 0 Å². The molecule has 11 nitrogen and oxygen atoms in total. The minimum atomic E-state index is -5.00. The first-order chi connectivity index (χ1) is 11.7. The molecular weight excluding hydrogens is 358 g/mol. The molecule has 0 saturated carbocycles. The maximum absolute atomic E-state index is 12.5. The van der Waals surface area contributed by atoms with Crippen molar-refractivity contribution in [2.45, 2.75) is 0 Å². The molecule has 0 aromatic heterocycles. The highest BCUT2D eigenvalue weighted by Crippen LogP contribution is 2.52. The quantitative estimate of drug-likeness (QED) is 0.153. The Balaban J connectivity index is 2.78. The number of ketones is 1. The fourth-order valence-electron chi connectivity index (χ4n) is 1.87. The van der Waals surface area contributed by atoms with Crippen LogP contribution in [0.25, 0.3) is 10.4 Å². The zero-order valence-corrected chi connectivity index (χ0v) is 12.9. The number of azide groups is 1. The number of benzene rings is 2. The van der Waals surface area contributed by atoms with Gasteiger partial charge in [-0.2, -0.15) is 8.42 Å². The van der Waals surface area contributed by atoms with Crippen LogP contribution in [0.2, 0.25) is 0 Å². The molecule has 0 atom stereocenters. The van der Waals surface area contributed by atoms with Gasteiger partial charge in [0.2, 0.25) is 28.8 Å². The number of carbonyl (C=O) groups excluding carboxylic acids is 1. The van der Waals surface area contributed by atoms with E-state index < -0.39 is 50.4 Å². The summed E-state index contributed by atoms with van der Waals surface area (Å²) < 4.78 is 29.6. The van der Waals surface area contributed by atoms with Gasteiger partial charge in [-0.3, -0.25) is 4.79 Å². The monoisotopic (exact) mass is 367 g/mol. The molecule has 0 unspecified atom stereocenters. The molecular formula is C13H9N3O8S. The molecule has 2 rings (SSSR count). The summed E-state index contributed by atoms with van der Waals surface area (Å²) in [4.78, 5) is 14.5. The molecule has 0 aliphatic carbocycles. The van der Waals surface area contributed by atoms with Crippen LogP contribution in [0.3, 0.4) is 0 Å². The lowest BCUT2D eigenvalue weighted by atomic mass is 10.00. The maximum Gasteiger partial charge on any atom is 0.403 e. The molecule has 0 bridgehead atoms. The molecule has 25 heavy (non-hydrogen) atoms. The van der Waals surface area contributed by atoms with Gasteiger partial charge in [-0.25, -0.2) is 0 Å². The highest BCUT2D eigenvalue weighted by Gasteiger charge is 2.32. The van der Waals surface area contributed by atoms with E-state index in [1.807, 2.05) is 4.91 Å². The molecule has 2 aromatic carbocycles. The van der Waals surface area contributed by atoms with Crippen LogP contribution in [0.15, 0.2) is 34.9 Å². The fraction of sp³-hybridized carbons (Fsp3) is 0. The molecule has 0 aliphatic rings. The zero-order chi connectivity index (χ0) is 18.8. The molecule has 12 heteroatoms. The van der Waals surface area contributed by atoms with Crippen molar-refractivity contribution in [3.63, 3.8) is 0 Å². The van der Waals surface area contributed by atoms with Crippen LogP contribution >= 0.6 is 0 Å². The van der Waals surface area contributed by atoms with E-state index in [0.29, 0.717) is 0 Å². The van der Waals surface area contributed by atoms with Crippen LogP contribution in [0.4, 0.5) is 0 Å². The van der Waals surface area contributed by atoms with Gasteiger partial charge >= 0.3 is 10.3 Å². The van der Waals surface area contributed by atoms with E-state index in [9.17, 15) is 33.6 Å². The highest BCUT2D eigenvalue weighted by molar-refractivity contribution is 7.85. The van der Waals surface area contributed by atoms with Crippen molar-refractivity contribution in [1.29, 1.82) is 0 Å². The third kappa shape index (κ3) is 3.34. The minimum absolute atomic E-state index is 0.0617. The second-order valence-corrected chi connectivity index (χ2v) is 5.66. The van der Waals surface area contributed by atoms with Crippen LogP contribution in [-0.4, -0.2) is 34.6 Å². The number of phenolic OH excluding ortho intramolecular Hbond substituents is 4. The highest BCUT2D eigenvalue weighted by atomic mass is 32.2. The Kier molecular flexibility index (Phi) is 4.59. The van der Waals surface area contributed by atoms with Crippen molar-refractivity contribution < 1.29 is 37.8 Å². The Labute approximate surface area is 139 Å². The SMILES string of the molecule is [N-]=[N+]=NS(=O)(=O)Oc1c(O)c(O)c(O)c(O)c1C(=O)c1ccccc1. The Morgan fingerprint density at radius 3 is 2.12 bits per heavy atom. The van der Waals surface area contributed by atoms with E-state index in [0.717, 1.165) is 0 Å². The molecule has 0 amide bonds. The summed E-state index contributed by atoms with van der Waals surface area (Å²) in [5, 5.41) is 38.8. The van der Waals surface area contributed by atoms with Gasteiger partial charge in [-0.05, 0) is 5.53 Å². The van der Waals surface area contributed by atoms with Crippen LogP contribution < -0.4 is 4.18 Å². The van der Waals surface area contributed by atoms with Crippen molar-refractivity contribution >= 4 is 16.1 Å². The summed E-state index contributed by atoms with van der Waals surface area (Å²) >= 11 is 0. The molecule has 0 aliphatic heterocycles. The van der Waals surface area contributed by atoms with E-state index in [1.54, 1.807) is 6.07 Å². The Morgan fingerprint density at radius 2 is 1.56 bits per heavy atom. The second-order valence-electron chi connectivity index (χ2n) is 4.48. The average molecular weight is 367 g/mol. The van der Waals surface area contributed by atoms with Gasteiger partial charge in [0.15, 0.2) is 5.75 Å². The summed E-state index contributed by atoms with van der Waals surface area (Å²) in [6.07, 6.45) is 0. The van der Waals surface area contributed by atoms with Crippen molar-refractivity contribution in [2.75, 3.05) is 0 Å². The maximum atomic E-state index is 12.5. The molecule has 0 fully saturated rings. The van der Waals surface area contributed by atoms with Gasteiger partial charge in [0.1, 0.15) is 5.56 Å². The third-order valence-electron chi connectivity index (χ3n) is 2.94. The molecule has 0 spiro atoms. The number of hydrogen-bond acceptors (Lipinski definition) is 8. The first kappa shape index (κ1) is 17.7. The molecule has 2 aromatic rings. The largest absolute Gasteiger partial charge is 0.504 e. The molecule has 0 heterocycles. The van der Waals surface area contributed by atoms with Gasteiger partial charge in [-0.15, -0.1) is 0 Å². The van der Waals surface area contributed by atoms with Crippen LogP contribution in [-0.2, 0) is 10.3 Å². The first-order valence-electron chi connectivity index (χ1n) is 6.30. The Bertz CT molecular complexity index is 998. The van der Waals surface area contributed by atoms with E-state index in [1.165, 1.54) is 24.3 Å². The average Bonchev–Trinajstić information content (AvgIpc) is 2.58. The standard InChI is InChI=1S/C13H9N3O8S/c14-15-16-25(22,23)24-13-7(8(17)6-4-2-1-3-5-6)9(18)10(19)11(20)12(13)21/h1-5,18-21H. The second kappa shape index (κ2) is 6.47. The molecule has 0 radical (unpaired) electrons. The van der Waals surface area contributed by atoms with Gasteiger partial charge in [0.05, 0.1) is 4.52 Å². The van der Waals surface area contributed by atoms with E-state index >= 15 is 0 Å². The lowest BCUT2D eigenvalue weighted by Gasteiger charge is -2.14. The van der Waals surface area contributed by atoms with Gasteiger partial charge < -0.3 is 24.6 Å². The topological polar surface area (TPSA) is 190 Å². The van der Waals surface area contributed by atoms with Crippen molar-refractivity contribution in [3.8, 4) is 28.7 Å². The van der Waals surface area contributed by atoms with Crippen molar-refractivity contribution in [1.82, 2.24) is 0 Å². The lowest BCUT2D eigenvalue weighted by molar-refractivity contribution is 0.103. The number of carbonyl (C=O) groups is 1. The van der Waals surface area contributed by atoms with E-state index in [-0.39, 0.29) is 5.56 Å². The van der Waals surface area contributed by atoms with Gasteiger partial charge in [0.25, 0.3) is 0 Å². The molecule has 130 valence electrons. The number of phenols is 4. The Morgan fingerprint density at radius 1 is 1.00 bits per heavy atom. The molecule has 0 saturated heterocycles. The normalized spacial score (nSPS) is 10.7. The van der Waals surface area contributed by atoms with E-state index in [4.69, 9.17) is 5.53 Å².